The smallest absolute Gasteiger partial charge is 0.248 e. The molecule has 1 atom stereocenters. The van der Waals surface area contributed by atoms with Crippen LogP contribution in [0, 0.1) is 0 Å². The molecule has 1 aliphatic rings. The summed E-state index contributed by atoms with van der Waals surface area (Å²) in [5.41, 5.74) is 5.23. The molecular weight excluding hydrogens is 292 g/mol. The van der Waals surface area contributed by atoms with Gasteiger partial charge in [0.1, 0.15) is 0 Å². The molecule has 0 aromatic heterocycles. The molecule has 2 amide bonds. The molecule has 0 saturated carbocycles. The molecule has 1 heterocycles. The monoisotopic (exact) mass is 310 g/mol. The van der Waals surface area contributed by atoms with Crippen LogP contribution in [0.3, 0.4) is 0 Å². The van der Waals surface area contributed by atoms with Crippen LogP contribution < -0.4 is 5.73 Å². The van der Waals surface area contributed by atoms with Crippen molar-refractivity contribution in [1.82, 2.24) is 4.90 Å². The van der Waals surface area contributed by atoms with Gasteiger partial charge in [-0.25, -0.2) is 0 Å². The van der Waals surface area contributed by atoms with Crippen LogP contribution in [0.25, 0.3) is 0 Å². The molecule has 6 heteroatoms. The Morgan fingerprint density at radius 2 is 2.05 bits per heavy atom. The zero-order valence-corrected chi connectivity index (χ0v) is 12.9. The van der Waals surface area contributed by atoms with Crippen LogP contribution in [0.2, 0.25) is 5.02 Å². The van der Waals surface area contributed by atoms with Crippen LogP contribution in [0.15, 0.2) is 24.3 Å². The van der Waals surface area contributed by atoms with E-state index in [0.29, 0.717) is 18.2 Å². The number of primary amides is 1. The number of nitrogens with zero attached hydrogens (tertiary/aromatic N) is 1. The zero-order valence-electron chi connectivity index (χ0n) is 12.1. The Kier molecular flexibility index (Phi) is 4.54. The Morgan fingerprint density at radius 3 is 2.67 bits per heavy atom. The largest absolute Gasteiger partial charge is 0.367 e. The van der Waals surface area contributed by atoms with E-state index in [9.17, 15) is 9.59 Å². The summed E-state index contributed by atoms with van der Waals surface area (Å²) in [6, 6.07) is 7.27. The third kappa shape index (κ3) is 3.19. The van der Waals surface area contributed by atoms with E-state index in [1.54, 1.807) is 11.0 Å². The van der Waals surface area contributed by atoms with Crippen LogP contribution in [-0.4, -0.2) is 42.5 Å². The fraction of sp³-hybridized carbons (Fsp3) is 0.467. The summed E-state index contributed by atoms with van der Waals surface area (Å²) in [4.78, 5) is 25.6. The van der Waals surface area contributed by atoms with Crippen LogP contribution in [0.1, 0.15) is 19.4 Å². The summed E-state index contributed by atoms with van der Waals surface area (Å²) in [5.74, 6) is -0.645. The summed E-state index contributed by atoms with van der Waals surface area (Å²) in [7, 11) is 0. The second kappa shape index (κ2) is 6.03. The molecule has 1 aliphatic heterocycles. The Morgan fingerprint density at radius 1 is 1.38 bits per heavy atom. The lowest BCUT2D eigenvalue weighted by Gasteiger charge is -2.37. The first-order valence-corrected chi connectivity index (χ1v) is 7.17. The molecular formula is C15H19ClN2O3. The molecule has 2 rings (SSSR count). The van der Waals surface area contributed by atoms with Crippen molar-refractivity contribution < 1.29 is 14.3 Å². The van der Waals surface area contributed by atoms with Gasteiger partial charge in [-0.2, -0.15) is 0 Å². The van der Waals surface area contributed by atoms with Crippen molar-refractivity contribution in [2.45, 2.75) is 25.4 Å². The van der Waals surface area contributed by atoms with Crippen molar-refractivity contribution in [2.75, 3.05) is 19.7 Å². The van der Waals surface area contributed by atoms with Gasteiger partial charge < -0.3 is 15.4 Å². The van der Waals surface area contributed by atoms with Gasteiger partial charge in [0.2, 0.25) is 11.8 Å². The molecule has 5 nitrogen and oxygen atoms in total. The number of halogens is 1. The number of rotatable bonds is 3. The van der Waals surface area contributed by atoms with E-state index < -0.39 is 17.4 Å². The molecule has 0 spiro atoms. The van der Waals surface area contributed by atoms with Crippen molar-refractivity contribution in [3.63, 3.8) is 0 Å². The maximum absolute atomic E-state index is 12.8. The highest BCUT2D eigenvalue weighted by molar-refractivity contribution is 6.31. The SMILES string of the molecule is CC(C)(C(=O)N1CCO[C@@H](C(N)=O)C1)c1ccccc1Cl. The lowest BCUT2D eigenvalue weighted by molar-refractivity contribution is -0.148. The average Bonchev–Trinajstić information content (AvgIpc) is 2.46. The number of carbonyl (C=O) groups excluding carboxylic acids is 2. The van der Waals surface area contributed by atoms with Crippen LogP contribution in [-0.2, 0) is 19.7 Å². The number of amides is 2. The maximum Gasteiger partial charge on any atom is 0.248 e. The molecule has 0 aliphatic carbocycles. The first-order valence-electron chi connectivity index (χ1n) is 6.79. The first kappa shape index (κ1) is 15.8. The van der Waals surface area contributed by atoms with Crippen molar-refractivity contribution in [3.05, 3.63) is 34.9 Å². The molecule has 0 bridgehead atoms. The summed E-state index contributed by atoms with van der Waals surface area (Å²) in [6.07, 6.45) is -0.746. The molecule has 21 heavy (non-hydrogen) atoms. The van der Waals surface area contributed by atoms with E-state index in [-0.39, 0.29) is 12.5 Å². The van der Waals surface area contributed by atoms with Crippen molar-refractivity contribution >= 4 is 23.4 Å². The number of hydrogen-bond acceptors (Lipinski definition) is 3. The number of ether oxygens (including phenoxy) is 1. The second-order valence-electron chi connectivity index (χ2n) is 5.62. The number of morpholine rings is 1. The standard InChI is InChI=1S/C15H19ClN2O3/c1-15(2,10-5-3-4-6-11(10)16)14(20)18-7-8-21-12(9-18)13(17)19/h3-6,12H,7-9H2,1-2H3,(H2,17,19)/t12-/m1/s1. The number of hydrogen-bond donors (Lipinski definition) is 1. The van der Waals surface area contributed by atoms with Gasteiger partial charge in [0.25, 0.3) is 0 Å². The lowest BCUT2D eigenvalue weighted by Crippen LogP contribution is -2.54. The summed E-state index contributed by atoms with van der Waals surface area (Å²) < 4.78 is 5.27. The van der Waals surface area contributed by atoms with E-state index in [2.05, 4.69) is 0 Å². The highest BCUT2D eigenvalue weighted by Gasteiger charge is 2.38. The van der Waals surface area contributed by atoms with Gasteiger partial charge in [0, 0.05) is 11.6 Å². The topological polar surface area (TPSA) is 72.6 Å². The molecule has 0 radical (unpaired) electrons. The predicted molar refractivity (Wildman–Crippen MR) is 80.0 cm³/mol. The Balaban J connectivity index is 2.22. The summed E-state index contributed by atoms with van der Waals surface area (Å²) >= 11 is 6.20. The molecule has 1 aromatic rings. The quantitative estimate of drug-likeness (QED) is 0.915. The molecule has 114 valence electrons. The fourth-order valence-electron chi connectivity index (χ4n) is 2.48. The average molecular weight is 311 g/mol. The van der Waals surface area contributed by atoms with Crippen LogP contribution >= 0.6 is 11.6 Å². The normalized spacial score (nSPS) is 19.4. The third-order valence-electron chi connectivity index (χ3n) is 3.75. The Bertz CT molecular complexity index is 560. The highest BCUT2D eigenvalue weighted by atomic mass is 35.5. The van der Waals surface area contributed by atoms with E-state index >= 15 is 0 Å². The maximum atomic E-state index is 12.8. The molecule has 1 fully saturated rings. The van der Waals surface area contributed by atoms with Gasteiger partial charge in [0.15, 0.2) is 6.10 Å². The van der Waals surface area contributed by atoms with E-state index in [0.717, 1.165) is 5.56 Å². The van der Waals surface area contributed by atoms with Gasteiger partial charge in [-0.3, -0.25) is 9.59 Å². The van der Waals surface area contributed by atoms with E-state index in [4.69, 9.17) is 22.1 Å². The Hall–Kier alpha value is -1.59. The molecule has 1 saturated heterocycles. The minimum Gasteiger partial charge on any atom is -0.367 e. The predicted octanol–water partition coefficient (Wildman–Crippen LogP) is 1.33. The van der Waals surface area contributed by atoms with Gasteiger partial charge in [0.05, 0.1) is 18.6 Å². The summed E-state index contributed by atoms with van der Waals surface area (Å²) in [6.45, 7) is 4.58. The van der Waals surface area contributed by atoms with E-state index in [1.807, 2.05) is 32.0 Å². The third-order valence-corrected chi connectivity index (χ3v) is 4.08. The Labute approximate surface area is 129 Å². The zero-order chi connectivity index (χ0) is 15.6. The van der Waals surface area contributed by atoms with Gasteiger partial charge >= 0.3 is 0 Å². The lowest BCUT2D eigenvalue weighted by atomic mass is 9.83. The summed E-state index contributed by atoms with van der Waals surface area (Å²) in [5, 5.41) is 0.551. The molecule has 2 N–H and O–H groups in total. The molecule has 0 unspecified atom stereocenters. The highest BCUT2D eigenvalue weighted by Crippen LogP contribution is 2.31. The van der Waals surface area contributed by atoms with Gasteiger partial charge in [-0.05, 0) is 25.5 Å². The number of carbonyl (C=O) groups is 2. The number of benzene rings is 1. The van der Waals surface area contributed by atoms with E-state index in [1.165, 1.54) is 0 Å². The minimum atomic E-state index is -0.780. The fourth-order valence-corrected chi connectivity index (χ4v) is 2.86. The van der Waals surface area contributed by atoms with Crippen molar-refractivity contribution in [3.8, 4) is 0 Å². The van der Waals surface area contributed by atoms with Gasteiger partial charge in [-0.1, -0.05) is 29.8 Å². The van der Waals surface area contributed by atoms with Crippen molar-refractivity contribution in [1.29, 1.82) is 0 Å². The molecule has 1 aromatic carbocycles. The van der Waals surface area contributed by atoms with Crippen LogP contribution in [0.4, 0.5) is 0 Å². The minimum absolute atomic E-state index is 0.0925. The second-order valence-corrected chi connectivity index (χ2v) is 6.03. The first-order chi connectivity index (χ1) is 9.84. The van der Waals surface area contributed by atoms with Crippen LogP contribution in [0.5, 0.6) is 0 Å². The van der Waals surface area contributed by atoms with Gasteiger partial charge in [-0.15, -0.1) is 0 Å². The number of nitrogens with two attached hydrogens (primary N) is 1. The van der Waals surface area contributed by atoms with Crippen molar-refractivity contribution in [2.24, 2.45) is 5.73 Å².